The van der Waals surface area contributed by atoms with E-state index < -0.39 is 0 Å². The fraction of sp³-hybridized carbons (Fsp3) is 0.300. The Morgan fingerprint density at radius 2 is 1.77 bits per heavy atom. The number of benzene rings is 2. The summed E-state index contributed by atoms with van der Waals surface area (Å²) in [6, 6.07) is 9.70. The van der Waals surface area contributed by atoms with Crippen molar-refractivity contribution >= 4 is 39.8 Å². The third-order valence-electron chi connectivity index (χ3n) is 4.07. The summed E-state index contributed by atoms with van der Waals surface area (Å²) in [6.45, 7) is 7.08. The number of rotatable bonds is 6. The molecule has 1 aliphatic heterocycles. The van der Waals surface area contributed by atoms with Crippen molar-refractivity contribution in [2.75, 3.05) is 19.8 Å². The summed E-state index contributed by atoms with van der Waals surface area (Å²) in [5, 5.41) is 1.69. The van der Waals surface area contributed by atoms with Crippen LogP contribution in [-0.2, 0) is 4.79 Å². The highest BCUT2D eigenvalue weighted by molar-refractivity contribution is 8.18. The van der Waals surface area contributed by atoms with E-state index in [2.05, 4.69) is 0 Å². The van der Waals surface area contributed by atoms with E-state index in [1.54, 1.807) is 13.0 Å². The van der Waals surface area contributed by atoms with Gasteiger partial charge in [0.25, 0.3) is 11.1 Å². The molecule has 0 aliphatic carbocycles. The predicted octanol–water partition coefficient (Wildman–Crippen LogP) is 4.69. The molecule has 5 nitrogen and oxygen atoms in total. The van der Waals surface area contributed by atoms with Gasteiger partial charge >= 0.3 is 0 Å². The number of ether oxygens (including phenoxy) is 2. The summed E-state index contributed by atoms with van der Waals surface area (Å²) in [7, 11) is 0. The summed E-state index contributed by atoms with van der Waals surface area (Å²) in [5.41, 5.74) is 0.785. The van der Waals surface area contributed by atoms with E-state index in [9.17, 15) is 9.59 Å². The average molecular weight is 371 g/mol. The summed E-state index contributed by atoms with van der Waals surface area (Å²) < 4.78 is 11.4. The molecule has 0 spiro atoms. The largest absolute Gasteiger partial charge is 0.494 e. The number of fused-ring (bicyclic) bond motifs is 1. The van der Waals surface area contributed by atoms with Crippen molar-refractivity contribution < 1.29 is 19.1 Å². The molecule has 1 heterocycles. The van der Waals surface area contributed by atoms with Crippen LogP contribution >= 0.6 is 11.8 Å². The minimum absolute atomic E-state index is 0.239. The van der Waals surface area contributed by atoms with E-state index in [4.69, 9.17) is 9.47 Å². The molecule has 26 heavy (non-hydrogen) atoms. The van der Waals surface area contributed by atoms with Crippen LogP contribution in [0.25, 0.3) is 16.8 Å². The van der Waals surface area contributed by atoms with Crippen molar-refractivity contribution in [3.63, 3.8) is 0 Å². The molecule has 0 aromatic heterocycles. The number of amides is 2. The molecule has 0 unspecified atom stereocenters. The van der Waals surface area contributed by atoms with Crippen LogP contribution in [0, 0.1) is 0 Å². The van der Waals surface area contributed by atoms with Crippen molar-refractivity contribution in [1.29, 1.82) is 0 Å². The second-order valence-corrected chi connectivity index (χ2v) is 6.65. The predicted molar refractivity (Wildman–Crippen MR) is 105 cm³/mol. The Hall–Kier alpha value is -2.47. The summed E-state index contributed by atoms with van der Waals surface area (Å²) in [4.78, 5) is 26.1. The first-order valence-corrected chi connectivity index (χ1v) is 9.48. The maximum absolute atomic E-state index is 12.5. The van der Waals surface area contributed by atoms with Gasteiger partial charge in [0.05, 0.1) is 18.1 Å². The number of carbonyl (C=O) groups is 2. The molecule has 2 aromatic carbocycles. The van der Waals surface area contributed by atoms with Crippen LogP contribution in [0.5, 0.6) is 11.5 Å². The van der Waals surface area contributed by atoms with E-state index in [-0.39, 0.29) is 11.1 Å². The molecule has 6 heteroatoms. The van der Waals surface area contributed by atoms with Gasteiger partial charge in [0.15, 0.2) is 0 Å². The Morgan fingerprint density at radius 3 is 2.42 bits per heavy atom. The van der Waals surface area contributed by atoms with Crippen LogP contribution in [0.2, 0.25) is 0 Å². The first-order chi connectivity index (χ1) is 12.6. The zero-order valence-corrected chi connectivity index (χ0v) is 15.9. The minimum Gasteiger partial charge on any atom is -0.494 e. The normalized spacial score (nSPS) is 16.0. The van der Waals surface area contributed by atoms with Crippen LogP contribution in [0.15, 0.2) is 35.2 Å². The van der Waals surface area contributed by atoms with Crippen LogP contribution in [0.3, 0.4) is 0 Å². The van der Waals surface area contributed by atoms with Gasteiger partial charge < -0.3 is 9.47 Å². The fourth-order valence-corrected chi connectivity index (χ4v) is 3.78. The number of nitrogens with zero attached hydrogens (tertiary/aromatic N) is 1. The molecule has 0 saturated carbocycles. The van der Waals surface area contributed by atoms with Gasteiger partial charge in [-0.05, 0) is 67.6 Å². The molecular weight excluding hydrogens is 350 g/mol. The molecule has 0 bridgehead atoms. The van der Waals surface area contributed by atoms with Gasteiger partial charge in [-0.25, -0.2) is 0 Å². The van der Waals surface area contributed by atoms with E-state index >= 15 is 0 Å². The number of carbonyl (C=O) groups excluding carboxylic acids is 2. The monoisotopic (exact) mass is 371 g/mol. The van der Waals surface area contributed by atoms with E-state index in [0.717, 1.165) is 33.8 Å². The third kappa shape index (κ3) is 3.42. The van der Waals surface area contributed by atoms with Gasteiger partial charge in [-0.2, -0.15) is 0 Å². The average Bonchev–Trinajstić information content (AvgIpc) is 2.90. The fourth-order valence-electron chi connectivity index (χ4n) is 2.89. The lowest BCUT2D eigenvalue weighted by Crippen LogP contribution is -2.27. The summed E-state index contributed by atoms with van der Waals surface area (Å²) in [5.74, 6) is 1.17. The van der Waals surface area contributed by atoms with Crippen LogP contribution in [0.4, 0.5) is 4.79 Å². The molecule has 2 amide bonds. The molecule has 1 fully saturated rings. The van der Waals surface area contributed by atoms with Crippen LogP contribution < -0.4 is 9.47 Å². The quantitative estimate of drug-likeness (QED) is 0.689. The highest BCUT2D eigenvalue weighted by Crippen LogP contribution is 2.37. The standard InChI is InChI=1S/C20H21NO4S/c1-4-21-19(22)18(26-20(21)23)12-16-15-11-14(24-5-2)9-7-13(15)8-10-17(16)25-6-3/h7-12H,4-6H2,1-3H3. The molecule has 136 valence electrons. The lowest BCUT2D eigenvalue weighted by Gasteiger charge is -2.13. The Balaban J connectivity index is 2.17. The van der Waals surface area contributed by atoms with Gasteiger partial charge in [0, 0.05) is 12.1 Å². The maximum atomic E-state index is 12.5. The SMILES string of the molecule is CCOc1ccc2ccc(OCC)c(C=C3SC(=O)N(CC)C3=O)c2c1. The van der Waals surface area contributed by atoms with Gasteiger partial charge in [0.1, 0.15) is 11.5 Å². The van der Waals surface area contributed by atoms with Gasteiger partial charge in [0.2, 0.25) is 0 Å². The van der Waals surface area contributed by atoms with Crippen molar-refractivity contribution in [1.82, 2.24) is 4.90 Å². The number of imide groups is 1. The van der Waals surface area contributed by atoms with Crippen molar-refractivity contribution in [3.8, 4) is 11.5 Å². The summed E-state index contributed by atoms with van der Waals surface area (Å²) >= 11 is 0.963. The number of hydrogen-bond acceptors (Lipinski definition) is 5. The molecule has 0 radical (unpaired) electrons. The molecular formula is C20H21NO4S. The Morgan fingerprint density at radius 1 is 1.04 bits per heavy atom. The number of thioether (sulfide) groups is 1. The molecule has 0 N–H and O–H groups in total. The number of hydrogen-bond donors (Lipinski definition) is 0. The smallest absolute Gasteiger partial charge is 0.293 e. The van der Waals surface area contributed by atoms with Gasteiger partial charge in [-0.3, -0.25) is 14.5 Å². The second kappa shape index (κ2) is 7.83. The lowest BCUT2D eigenvalue weighted by atomic mass is 10.0. The number of likely N-dealkylation sites (N-methyl/N-ethyl adjacent to an activating group) is 1. The Bertz CT molecular complexity index is 886. The Labute approximate surface area is 157 Å². The van der Waals surface area contributed by atoms with E-state index in [1.165, 1.54) is 4.90 Å². The van der Waals surface area contributed by atoms with E-state index in [0.29, 0.717) is 30.4 Å². The van der Waals surface area contributed by atoms with Crippen molar-refractivity contribution in [3.05, 3.63) is 40.8 Å². The summed E-state index contributed by atoms with van der Waals surface area (Å²) in [6.07, 6.45) is 1.75. The van der Waals surface area contributed by atoms with Crippen molar-refractivity contribution in [2.45, 2.75) is 20.8 Å². The molecule has 1 aliphatic rings. The third-order valence-corrected chi connectivity index (χ3v) is 4.98. The minimum atomic E-state index is -0.261. The zero-order valence-electron chi connectivity index (χ0n) is 15.1. The highest BCUT2D eigenvalue weighted by atomic mass is 32.2. The topological polar surface area (TPSA) is 55.8 Å². The first-order valence-electron chi connectivity index (χ1n) is 8.66. The second-order valence-electron chi connectivity index (χ2n) is 5.65. The van der Waals surface area contributed by atoms with Crippen LogP contribution in [0.1, 0.15) is 26.3 Å². The molecule has 2 aromatic rings. The van der Waals surface area contributed by atoms with E-state index in [1.807, 2.05) is 44.2 Å². The highest BCUT2D eigenvalue weighted by Gasteiger charge is 2.34. The lowest BCUT2D eigenvalue weighted by molar-refractivity contribution is -0.122. The Kier molecular flexibility index (Phi) is 5.52. The van der Waals surface area contributed by atoms with Crippen LogP contribution in [-0.4, -0.2) is 35.8 Å². The van der Waals surface area contributed by atoms with Gasteiger partial charge in [-0.1, -0.05) is 12.1 Å². The first kappa shape index (κ1) is 18.3. The maximum Gasteiger partial charge on any atom is 0.293 e. The van der Waals surface area contributed by atoms with Gasteiger partial charge in [-0.15, -0.1) is 0 Å². The zero-order chi connectivity index (χ0) is 18.7. The molecule has 0 atom stereocenters. The van der Waals surface area contributed by atoms with Crippen molar-refractivity contribution in [2.24, 2.45) is 0 Å². The molecule has 1 saturated heterocycles. The molecule has 3 rings (SSSR count).